The van der Waals surface area contributed by atoms with E-state index in [1.165, 1.54) is 24.3 Å². The highest BCUT2D eigenvalue weighted by atomic mass is 31.2. The lowest BCUT2D eigenvalue weighted by Gasteiger charge is -2.14. The van der Waals surface area contributed by atoms with Crippen molar-refractivity contribution in [2.45, 2.75) is 0 Å². The molecule has 0 bridgehead atoms. The second-order valence-electron chi connectivity index (χ2n) is 6.58. The maximum Gasteiger partial charge on any atom is 0.356 e. The molecule has 0 fully saturated rings. The summed E-state index contributed by atoms with van der Waals surface area (Å²) in [5.74, 6) is 2.48. The van der Waals surface area contributed by atoms with Crippen molar-refractivity contribution in [3.63, 3.8) is 0 Å². The van der Waals surface area contributed by atoms with Gasteiger partial charge in [-0.05, 0) is 60.2 Å². The Kier molecular flexibility index (Phi) is 5.68. The van der Waals surface area contributed by atoms with Gasteiger partial charge in [-0.15, -0.1) is 0 Å². The second kappa shape index (κ2) is 8.56. The van der Waals surface area contributed by atoms with Crippen LogP contribution in [-0.4, -0.2) is 9.79 Å². The lowest BCUT2D eigenvalue weighted by molar-refractivity contribution is 0.387. The van der Waals surface area contributed by atoms with Crippen LogP contribution in [0.2, 0.25) is 0 Å². The van der Waals surface area contributed by atoms with Crippen LogP contribution < -0.4 is 14.8 Å². The van der Waals surface area contributed by atoms with Crippen molar-refractivity contribution >= 4 is 12.9 Å². The average Bonchev–Trinajstić information content (AvgIpc) is 2.76. The highest BCUT2D eigenvalue weighted by Crippen LogP contribution is 2.38. The van der Waals surface area contributed by atoms with E-state index in [1.54, 1.807) is 6.07 Å². The summed E-state index contributed by atoms with van der Waals surface area (Å²) in [7, 11) is -4.28. The number of hydrogen-bond acceptors (Lipinski definition) is 3. The average molecular weight is 418 g/mol. The van der Waals surface area contributed by atoms with Crippen LogP contribution in [-0.2, 0) is 4.57 Å². The smallest absolute Gasteiger partial charge is 0.356 e. The molecule has 4 aromatic carbocycles. The summed E-state index contributed by atoms with van der Waals surface area (Å²) in [4.78, 5) is 18.5. The zero-order valence-corrected chi connectivity index (χ0v) is 16.8. The predicted octanol–water partition coefficient (Wildman–Crippen LogP) is 5.74. The SMILES string of the molecule is O=P(O)(O)c1ccc(Oc2ccc(Oc3ccccc3)c(-c3ccccc3)c2)cc1. The van der Waals surface area contributed by atoms with Crippen molar-refractivity contribution in [1.82, 2.24) is 0 Å². The molecular formula is C24H19O5P. The molecule has 0 saturated carbocycles. The number of benzene rings is 4. The van der Waals surface area contributed by atoms with E-state index in [-0.39, 0.29) is 5.30 Å². The third-order valence-electron chi connectivity index (χ3n) is 4.42. The minimum atomic E-state index is -4.28. The molecule has 0 amide bonds. The summed E-state index contributed by atoms with van der Waals surface area (Å²) in [6.07, 6.45) is 0. The van der Waals surface area contributed by atoms with Gasteiger partial charge < -0.3 is 19.3 Å². The van der Waals surface area contributed by atoms with Crippen LogP contribution in [0.4, 0.5) is 0 Å². The van der Waals surface area contributed by atoms with Gasteiger partial charge in [0.2, 0.25) is 0 Å². The highest BCUT2D eigenvalue weighted by molar-refractivity contribution is 7.60. The molecule has 0 aliphatic rings. The summed E-state index contributed by atoms with van der Waals surface area (Å²) in [6, 6.07) is 30.7. The van der Waals surface area contributed by atoms with Crippen LogP contribution in [0.5, 0.6) is 23.0 Å². The van der Waals surface area contributed by atoms with Crippen LogP contribution in [0.1, 0.15) is 0 Å². The van der Waals surface area contributed by atoms with Gasteiger partial charge >= 0.3 is 7.60 Å². The van der Waals surface area contributed by atoms with Crippen molar-refractivity contribution in [3.05, 3.63) is 103 Å². The van der Waals surface area contributed by atoms with Crippen molar-refractivity contribution in [3.8, 4) is 34.1 Å². The second-order valence-corrected chi connectivity index (χ2v) is 8.18. The third kappa shape index (κ3) is 4.78. The first-order valence-electron chi connectivity index (χ1n) is 9.25. The van der Waals surface area contributed by atoms with E-state index >= 15 is 0 Å². The van der Waals surface area contributed by atoms with E-state index in [9.17, 15) is 14.4 Å². The molecule has 0 aliphatic heterocycles. The first-order chi connectivity index (χ1) is 14.5. The molecular weight excluding hydrogens is 399 g/mol. The molecule has 4 rings (SSSR count). The molecule has 0 aromatic heterocycles. The number of hydrogen-bond donors (Lipinski definition) is 2. The van der Waals surface area contributed by atoms with E-state index < -0.39 is 7.60 Å². The summed E-state index contributed by atoms with van der Waals surface area (Å²) >= 11 is 0. The molecule has 0 spiro atoms. The Morgan fingerprint density at radius 2 is 1.17 bits per heavy atom. The van der Waals surface area contributed by atoms with Gasteiger partial charge in [0, 0.05) is 5.56 Å². The quantitative estimate of drug-likeness (QED) is 0.391. The molecule has 6 heteroatoms. The van der Waals surface area contributed by atoms with Crippen LogP contribution in [0, 0.1) is 0 Å². The first kappa shape index (κ1) is 19.9. The maximum absolute atomic E-state index is 11.3. The summed E-state index contributed by atoms with van der Waals surface area (Å²) in [6.45, 7) is 0. The molecule has 0 aliphatic carbocycles. The summed E-state index contributed by atoms with van der Waals surface area (Å²) in [5, 5.41) is -0.0496. The lowest BCUT2D eigenvalue weighted by Crippen LogP contribution is -2.02. The van der Waals surface area contributed by atoms with Crippen molar-refractivity contribution < 1.29 is 23.8 Å². The van der Waals surface area contributed by atoms with Gasteiger partial charge in [-0.1, -0.05) is 48.5 Å². The number of rotatable bonds is 6. The largest absolute Gasteiger partial charge is 0.457 e. The van der Waals surface area contributed by atoms with Crippen LogP contribution in [0.25, 0.3) is 11.1 Å². The Bertz CT molecular complexity index is 1170. The van der Waals surface area contributed by atoms with Crippen LogP contribution in [0.15, 0.2) is 103 Å². The fraction of sp³-hybridized carbons (Fsp3) is 0. The van der Waals surface area contributed by atoms with Crippen molar-refractivity contribution in [1.29, 1.82) is 0 Å². The van der Waals surface area contributed by atoms with E-state index in [1.807, 2.05) is 72.8 Å². The summed E-state index contributed by atoms with van der Waals surface area (Å²) in [5.41, 5.74) is 1.84. The number of para-hydroxylation sites is 1. The van der Waals surface area contributed by atoms with Gasteiger partial charge in [0.1, 0.15) is 23.0 Å². The molecule has 0 atom stereocenters. The molecule has 2 N–H and O–H groups in total. The van der Waals surface area contributed by atoms with Crippen molar-refractivity contribution in [2.75, 3.05) is 0 Å². The van der Waals surface area contributed by atoms with Crippen molar-refractivity contribution in [2.24, 2.45) is 0 Å². The Hall–Kier alpha value is -3.37. The molecule has 4 aromatic rings. The molecule has 0 heterocycles. The standard InChI is InChI=1S/C24H19O5P/c25-30(26,27)22-14-11-20(12-15-22)28-21-13-16-24(29-19-9-5-2-6-10-19)23(17-21)18-7-3-1-4-8-18/h1-17H,(H2,25,26,27). The van der Waals surface area contributed by atoms with Crippen LogP contribution in [0.3, 0.4) is 0 Å². The zero-order chi connectivity index (χ0) is 21.0. The van der Waals surface area contributed by atoms with Gasteiger partial charge in [-0.3, -0.25) is 4.57 Å². The molecule has 0 unspecified atom stereocenters. The lowest BCUT2D eigenvalue weighted by atomic mass is 10.0. The third-order valence-corrected chi connectivity index (χ3v) is 5.39. The maximum atomic E-state index is 11.3. The normalized spacial score (nSPS) is 11.1. The van der Waals surface area contributed by atoms with E-state index in [2.05, 4.69) is 0 Å². The topological polar surface area (TPSA) is 76.0 Å². The van der Waals surface area contributed by atoms with Gasteiger partial charge in [0.05, 0.1) is 5.30 Å². The monoisotopic (exact) mass is 418 g/mol. The van der Waals surface area contributed by atoms with Crippen LogP contribution >= 0.6 is 7.60 Å². The molecule has 0 radical (unpaired) electrons. The summed E-state index contributed by atoms with van der Waals surface area (Å²) < 4.78 is 23.3. The Morgan fingerprint density at radius 1 is 0.600 bits per heavy atom. The number of ether oxygens (including phenoxy) is 2. The fourth-order valence-corrected chi connectivity index (χ4v) is 3.50. The molecule has 0 saturated heterocycles. The van der Waals surface area contributed by atoms with E-state index in [0.717, 1.165) is 16.9 Å². The zero-order valence-electron chi connectivity index (χ0n) is 15.9. The minimum Gasteiger partial charge on any atom is -0.457 e. The van der Waals surface area contributed by atoms with Gasteiger partial charge in [0.25, 0.3) is 0 Å². The van der Waals surface area contributed by atoms with E-state index in [0.29, 0.717) is 17.2 Å². The Balaban J connectivity index is 1.66. The first-order valence-corrected chi connectivity index (χ1v) is 10.9. The minimum absolute atomic E-state index is 0.0496. The Morgan fingerprint density at radius 3 is 1.80 bits per heavy atom. The van der Waals surface area contributed by atoms with E-state index in [4.69, 9.17) is 9.47 Å². The highest BCUT2D eigenvalue weighted by Gasteiger charge is 2.16. The fourth-order valence-electron chi connectivity index (χ4n) is 2.96. The van der Waals surface area contributed by atoms with Gasteiger partial charge in [-0.2, -0.15) is 0 Å². The molecule has 30 heavy (non-hydrogen) atoms. The molecule has 5 nitrogen and oxygen atoms in total. The predicted molar refractivity (Wildman–Crippen MR) is 117 cm³/mol. The Labute approximate surface area is 174 Å². The van der Waals surface area contributed by atoms with Gasteiger partial charge in [0.15, 0.2) is 0 Å². The van der Waals surface area contributed by atoms with Gasteiger partial charge in [-0.25, -0.2) is 0 Å². The molecule has 150 valence electrons.